The highest BCUT2D eigenvalue weighted by atomic mass is 35.5. The number of amides is 1. The van der Waals surface area contributed by atoms with Crippen molar-refractivity contribution in [1.82, 2.24) is 10.6 Å². The van der Waals surface area contributed by atoms with Crippen LogP contribution in [0.5, 0.6) is 0 Å². The monoisotopic (exact) mass is 320 g/mol. The lowest BCUT2D eigenvalue weighted by Crippen LogP contribution is -2.45. The van der Waals surface area contributed by atoms with Gasteiger partial charge in [-0.05, 0) is 19.3 Å². The molecule has 1 rings (SSSR count). The quantitative estimate of drug-likeness (QED) is 0.673. The lowest BCUT2D eigenvalue weighted by Gasteiger charge is -2.21. The molecule has 1 unspecified atom stereocenters. The second-order valence-corrected chi connectivity index (χ2v) is 5.67. The SMILES string of the molecule is CCCC(NCC(=O)NC1CCCCCCC1)C(=O)O.Cl. The molecule has 1 aliphatic carbocycles. The molecule has 0 saturated heterocycles. The van der Waals surface area contributed by atoms with Crippen molar-refractivity contribution < 1.29 is 14.7 Å². The maximum atomic E-state index is 11.9. The van der Waals surface area contributed by atoms with Gasteiger partial charge < -0.3 is 10.4 Å². The van der Waals surface area contributed by atoms with Gasteiger partial charge in [0.05, 0.1) is 6.54 Å². The van der Waals surface area contributed by atoms with E-state index < -0.39 is 12.0 Å². The van der Waals surface area contributed by atoms with Gasteiger partial charge in [-0.1, -0.05) is 45.4 Å². The van der Waals surface area contributed by atoms with Crippen LogP contribution in [-0.4, -0.2) is 35.6 Å². The van der Waals surface area contributed by atoms with Crippen molar-refractivity contribution in [2.45, 2.75) is 76.8 Å². The maximum Gasteiger partial charge on any atom is 0.320 e. The molecule has 1 saturated carbocycles. The molecular formula is C15H29ClN2O3. The third kappa shape index (κ3) is 8.94. The molecule has 6 heteroatoms. The van der Waals surface area contributed by atoms with E-state index in [-0.39, 0.29) is 30.9 Å². The van der Waals surface area contributed by atoms with Crippen molar-refractivity contribution in [3.8, 4) is 0 Å². The lowest BCUT2D eigenvalue weighted by atomic mass is 9.97. The van der Waals surface area contributed by atoms with E-state index >= 15 is 0 Å². The Bertz CT molecular complexity index is 305. The van der Waals surface area contributed by atoms with Crippen LogP contribution < -0.4 is 10.6 Å². The minimum atomic E-state index is -0.884. The molecule has 0 bridgehead atoms. The fraction of sp³-hybridized carbons (Fsp3) is 0.867. The predicted octanol–water partition coefficient (Wildman–Crippen LogP) is 2.48. The van der Waals surface area contributed by atoms with E-state index in [0.29, 0.717) is 6.42 Å². The molecule has 3 N–H and O–H groups in total. The number of hydrogen-bond acceptors (Lipinski definition) is 3. The van der Waals surface area contributed by atoms with Gasteiger partial charge in [-0.2, -0.15) is 0 Å². The van der Waals surface area contributed by atoms with E-state index in [1.807, 2.05) is 6.92 Å². The first-order valence-electron chi connectivity index (χ1n) is 7.89. The van der Waals surface area contributed by atoms with Gasteiger partial charge in [0.2, 0.25) is 5.91 Å². The number of halogens is 1. The zero-order valence-electron chi connectivity index (χ0n) is 12.9. The van der Waals surface area contributed by atoms with Crippen LogP contribution >= 0.6 is 12.4 Å². The first-order valence-corrected chi connectivity index (χ1v) is 7.89. The predicted molar refractivity (Wildman–Crippen MR) is 85.8 cm³/mol. The number of hydrogen-bond donors (Lipinski definition) is 3. The Morgan fingerprint density at radius 2 is 1.71 bits per heavy atom. The fourth-order valence-electron chi connectivity index (χ4n) is 2.70. The Morgan fingerprint density at radius 3 is 2.24 bits per heavy atom. The van der Waals surface area contributed by atoms with Crippen LogP contribution in [0.2, 0.25) is 0 Å². The number of rotatable bonds is 7. The van der Waals surface area contributed by atoms with Crippen LogP contribution in [0.15, 0.2) is 0 Å². The largest absolute Gasteiger partial charge is 0.480 e. The second kappa shape index (κ2) is 11.8. The fourth-order valence-corrected chi connectivity index (χ4v) is 2.70. The van der Waals surface area contributed by atoms with Gasteiger partial charge in [0, 0.05) is 6.04 Å². The second-order valence-electron chi connectivity index (χ2n) is 5.67. The molecule has 124 valence electrons. The van der Waals surface area contributed by atoms with Crippen LogP contribution in [0.4, 0.5) is 0 Å². The Kier molecular flexibility index (Phi) is 11.4. The van der Waals surface area contributed by atoms with E-state index in [0.717, 1.165) is 19.3 Å². The highest BCUT2D eigenvalue weighted by Crippen LogP contribution is 2.16. The summed E-state index contributed by atoms with van der Waals surface area (Å²) in [5.41, 5.74) is 0. The molecule has 5 nitrogen and oxygen atoms in total. The molecule has 0 aromatic heterocycles. The summed E-state index contributed by atoms with van der Waals surface area (Å²) in [6, 6.07) is -0.359. The van der Waals surface area contributed by atoms with E-state index in [4.69, 9.17) is 5.11 Å². The first-order chi connectivity index (χ1) is 9.63. The highest BCUT2D eigenvalue weighted by Gasteiger charge is 2.18. The summed E-state index contributed by atoms with van der Waals surface area (Å²) < 4.78 is 0. The molecule has 1 amide bonds. The van der Waals surface area contributed by atoms with Crippen molar-refractivity contribution in [3.63, 3.8) is 0 Å². The molecule has 0 radical (unpaired) electrons. The minimum Gasteiger partial charge on any atom is -0.480 e. The van der Waals surface area contributed by atoms with E-state index in [2.05, 4.69) is 10.6 Å². The third-order valence-corrected chi connectivity index (χ3v) is 3.85. The summed E-state index contributed by atoms with van der Waals surface area (Å²) >= 11 is 0. The van der Waals surface area contributed by atoms with E-state index in [1.54, 1.807) is 0 Å². The summed E-state index contributed by atoms with van der Waals surface area (Å²) in [5, 5.41) is 14.9. The summed E-state index contributed by atoms with van der Waals surface area (Å²) in [6.45, 7) is 2.03. The van der Waals surface area contributed by atoms with Gasteiger partial charge in [0.1, 0.15) is 6.04 Å². The van der Waals surface area contributed by atoms with Crippen molar-refractivity contribution in [3.05, 3.63) is 0 Å². The molecule has 1 aliphatic rings. The number of carboxylic acid groups (broad SMARTS) is 1. The number of aliphatic carboxylic acids is 1. The number of nitrogens with one attached hydrogen (secondary N) is 2. The van der Waals surface area contributed by atoms with Crippen LogP contribution in [0.25, 0.3) is 0 Å². The molecular weight excluding hydrogens is 292 g/mol. The number of carboxylic acids is 1. The van der Waals surface area contributed by atoms with Crippen LogP contribution in [0, 0.1) is 0 Å². The van der Waals surface area contributed by atoms with Crippen LogP contribution in [0.3, 0.4) is 0 Å². The molecule has 0 spiro atoms. The minimum absolute atomic E-state index is 0. The Hall–Kier alpha value is -0.810. The topological polar surface area (TPSA) is 78.4 Å². The standard InChI is InChI=1S/C15H28N2O3.ClH/c1-2-8-13(15(19)20)16-11-14(18)17-12-9-6-4-3-5-7-10-12;/h12-13,16H,2-11H2,1H3,(H,17,18)(H,19,20);1H. The third-order valence-electron chi connectivity index (χ3n) is 3.85. The molecule has 0 aliphatic heterocycles. The summed E-state index contributed by atoms with van der Waals surface area (Å²) in [6.07, 6.45) is 9.58. The van der Waals surface area contributed by atoms with Crippen molar-refractivity contribution in [1.29, 1.82) is 0 Å². The van der Waals surface area contributed by atoms with Crippen molar-refractivity contribution in [2.75, 3.05) is 6.54 Å². The highest BCUT2D eigenvalue weighted by molar-refractivity contribution is 5.85. The molecule has 0 heterocycles. The average Bonchev–Trinajstić information content (AvgIpc) is 2.37. The van der Waals surface area contributed by atoms with Gasteiger partial charge in [0.25, 0.3) is 0 Å². The molecule has 21 heavy (non-hydrogen) atoms. The average molecular weight is 321 g/mol. The van der Waals surface area contributed by atoms with Gasteiger partial charge in [0.15, 0.2) is 0 Å². The van der Waals surface area contributed by atoms with Crippen molar-refractivity contribution in [2.24, 2.45) is 0 Å². The maximum absolute atomic E-state index is 11.9. The van der Waals surface area contributed by atoms with Crippen molar-refractivity contribution >= 4 is 24.3 Å². The van der Waals surface area contributed by atoms with E-state index in [1.165, 1.54) is 32.1 Å². The Labute approximate surface area is 133 Å². The summed E-state index contributed by atoms with van der Waals surface area (Å²) in [5.74, 6) is -0.969. The van der Waals surface area contributed by atoms with Crippen LogP contribution in [-0.2, 0) is 9.59 Å². The molecule has 1 fully saturated rings. The number of carbonyl (C=O) groups is 2. The Morgan fingerprint density at radius 1 is 1.14 bits per heavy atom. The summed E-state index contributed by atoms with van der Waals surface area (Å²) in [7, 11) is 0. The first kappa shape index (κ1) is 20.2. The molecule has 0 aromatic carbocycles. The van der Waals surface area contributed by atoms with Gasteiger partial charge in [-0.25, -0.2) is 0 Å². The van der Waals surface area contributed by atoms with E-state index in [9.17, 15) is 9.59 Å². The molecule has 0 aromatic rings. The van der Waals surface area contributed by atoms with Gasteiger partial charge in [-0.3, -0.25) is 14.9 Å². The lowest BCUT2D eigenvalue weighted by molar-refractivity contribution is -0.139. The zero-order chi connectivity index (χ0) is 14.8. The smallest absolute Gasteiger partial charge is 0.320 e. The molecule has 1 atom stereocenters. The van der Waals surface area contributed by atoms with Gasteiger partial charge >= 0.3 is 5.97 Å². The van der Waals surface area contributed by atoms with Crippen LogP contribution in [0.1, 0.15) is 64.7 Å². The summed E-state index contributed by atoms with van der Waals surface area (Å²) in [4.78, 5) is 22.9. The normalized spacial score (nSPS) is 18.0. The number of carbonyl (C=O) groups excluding carboxylic acids is 1. The Balaban J connectivity index is 0.00000400. The van der Waals surface area contributed by atoms with Gasteiger partial charge in [-0.15, -0.1) is 12.4 Å². The zero-order valence-corrected chi connectivity index (χ0v) is 13.7.